The van der Waals surface area contributed by atoms with Crippen LogP contribution in [0.2, 0.25) is 5.15 Å². The van der Waals surface area contributed by atoms with Gasteiger partial charge in [0.05, 0.1) is 10.9 Å². The molecule has 0 aromatic carbocycles. The molecule has 0 aliphatic carbocycles. The molecule has 3 heterocycles. The summed E-state index contributed by atoms with van der Waals surface area (Å²) in [6, 6.07) is 5.03. The number of aromatic nitrogens is 1. The van der Waals surface area contributed by atoms with Gasteiger partial charge in [0.25, 0.3) is 5.91 Å². The van der Waals surface area contributed by atoms with Crippen molar-refractivity contribution < 1.29 is 9.18 Å². The normalized spacial score (nSPS) is 18.2. The number of halogens is 2. The van der Waals surface area contributed by atoms with Crippen molar-refractivity contribution >= 4 is 28.8 Å². The third kappa shape index (κ3) is 2.80. The molecule has 1 fully saturated rings. The monoisotopic (exact) mass is 324 g/mol. The number of pyridine rings is 1. The maximum Gasteiger partial charge on any atom is 0.264 e. The summed E-state index contributed by atoms with van der Waals surface area (Å²) in [7, 11) is 0. The van der Waals surface area contributed by atoms with E-state index in [1.807, 2.05) is 11.0 Å². The highest BCUT2D eigenvalue weighted by Crippen LogP contribution is 2.34. The summed E-state index contributed by atoms with van der Waals surface area (Å²) in [5, 5.41) is 0.116. The van der Waals surface area contributed by atoms with Crippen molar-refractivity contribution in [3.63, 3.8) is 0 Å². The molecule has 1 unspecified atom stereocenters. The highest BCUT2D eigenvalue weighted by Gasteiger charge is 2.32. The molecule has 1 atom stereocenters. The highest BCUT2D eigenvalue weighted by atomic mass is 35.5. The minimum atomic E-state index is -0.320. The Morgan fingerprint density at radius 2 is 2.33 bits per heavy atom. The zero-order chi connectivity index (χ0) is 15.0. The number of carbonyl (C=O) groups is 1. The molecule has 0 spiro atoms. The van der Waals surface area contributed by atoms with E-state index in [-0.39, 0.29) is 17.1 Å². The van der Waals surface area contributed by atoms with Gasteiger partial charge in [-0.1, -0.05) is 17.7 Å². The SMILES string of the molecule is Cc1cc(F)sc1C(=O)N1CCCC1c1ccc(Cl)nc1. The van der Waals surface area contributed by atoms with Gasteiger partial charge in [-0.3, -0.25) is 4.79 Å². The third-order valence-electron chi connectivity index (χ3n) is 3.73. The molecule has 1 amide bonds. The summed E-state index contributed by atoms with van der Waals surface area (Å²) in [4.78, 5) is 19.0. The number of amides is 1. The Morgan fingerprint density at radius 3 is 2.95 bits per heavy atom. The van der Waals surface area contributed by atoms with Crippen molar-refractivity contribution in [2.24, 2.45) is 0 Å². The molecule has 3 rings (SSSR count). The number of aryl methyl sites for hydroxylation is 1. The number of likely N-dealkylation sites (tertiary alicyclic amines) is 1. The molecule has 0 radical (unpaired) electrons. The summed E-state index contributed by atoms with van der Waals surface area (Å²) < 4.78 is 13.3. The van der Waals surface area contributed by atoms with E-state index < -0.39 is 0 Å². The second-order valence-electron chi connectivity index (χ2n) is 5.13. The smallest absolute Gasteiger partial charge is 0.264 e. The topological polar surface area (TPSA) is 33.2 Å². The van der Waals surface area contributed by atoms with Gasteiger partial charge in [-0.25, -0.2) is 4.98 Å². The van der Waals surface area contributed by atoms with E-state index in [0.29, 0.717) is 22.1 Å². The van der Waals surface area contributed by atoms with Crippen molar-refractivity contribution in [2.75, 3.05) is 6.54 Å². The maximum atomic E-state index is 13.3. The van der Waals surface area contributed by atoms with E-state index in [1.54, 1.807) is 19.2 Å². The zero-order valence-electron chi connectivity index (χ0n) is 11.5. The highest BCUT2D eigenvalue weighted by molar-refractivity contribution is 7.12. The van der Waals surface area contributed by atoms with Gasteiger partial charge in [0.15, 0.2) is 5.13 Å². The number of hydrogen-bond acceptors (Lipinski definition) is 3. The first-order valence-electron chi connectivity index (χ1n) is 6.74. The van der Waals surface area contributed by atoms with Crippen LogP contribution in [0.5, 0.6) is 0 Å². The predicted molar refractivity (Wildman–Crippen MR) is 81.3 cm³/mol. The third-order valence-corrected chi connectivity index (χ3v) is 4.97. The molecule has 2 aromatic heterocycles. The van der Waals surface area contributed by atoms with Crippen LogP contribution in [-0.2, 0) is 0 Å². The van der Waals surface area contributed by atoms with E-state index in [0.717, 1.165) is 29.7 Å². The van der Waals surface area contributed by atoms with Crippen molar-refractivity contribution in [1.82, 2.24) is 9.88 Å². The average molecular weight is 325 g/mol. The number of thiophene rings is 1. The Morgan fingerprint density at radius 1 is 1.52 bits per heavy atom. The first-order chi connectivity index (χ1) is 10.1. The minimum Gasteiger partial charge on any atom is -0.331 e. The fourth-order valence-corrected chi connectivity index (χ4v) is 3.69. The summed E-state index contributed by atoms with van der Waals surface area (Å²) in [5.74, 6) is -0.0983. The lowest BCUT2D eigenvalue weighted by Gasteiger charge is -2.24. The molecular formula is C15H14ClFN2OS. The summed E-state index contributed by atoms with van der Waals surface area (Å²) in [5.41, 5.74) is 1.67. The second kappa shape index (κ2) is 5.73. The van der Waals surface area contributed by atoms with E-state index >= 15 is 0 Å². The molecule has 110 valence electrons. The fraction of sp³-hybridized carbons (Fsp3) is 0.333. The summed E-state index contributed by atoms with van der Waals surface area (Å²) in [6.07, 6.45) is 3.54. The Balaban J connectivity index is 1.88. The van der Waals surface area contributed by atoms with Crippen molar-refractivity contribution in [2.45, 2.75) is 25.8 Å². The largest absolute Gasteiger partial charge is 0.331 e. The van der Waals surface area contributed by atoms with Crippen LogP contribution in [0.3, 0.4) is 0 Å². The van der Waals surface area contributed by atoms with E-state index in [9.17, 15) is 9.18 Å². The fourth-order valence-electron chi connectivity index (χ4n) is 2.73. The Hall–Kier alpha value is -1.46. The Kier molecular flexibility index (Phi) is 3.95. The van der Waals surface area contributed by atoms with Gasteiger partial charge in [-0.15, -0.1) is 11.3 Å². The van der Waals surface area contributed by atoms with Gasteiger partial charge >= 0.3 is 0 Å². The van der Waals surface area contributed by atoms with E-state index in [2.05, 4.69) is 4.98 Å². The molecule has 2 aromatic rings. The quantitative estimate of drug-likeness (QED) is 0.775. The van der Waals surface area contributed by atoms with Crippen LogP contribution in [0, 0.1) is 12.1 Å². The molecule has 3 nitrogen and oxygen atoms in total. The maximum absolute atomic E-state index is 13.3. The number of nitrogens with zero attached hydrogens (tertiary/aromatic N) is 2. The van der Waals surface area contributed by atoms with Crippen LogP contribution in [0.1, 0.15) is 39.7 Å². The number of carbonyl (C=O) groups excluding carboxylic acids is 1. The first-order valence-corrected chi connectivity index (χ1v) is 7.94. The molecular weight excluding hydrogens is 311 g/mol. The van der Waals surface area contributed by atoms with Crippen LogP contribution in [0.4, 0.5) is 4.39 Å². The molecule has 21 heavy (non-hydrogen) atoms. The van der Waals surface area contributed by atoms with Gasteiger partial charge in [-0.05, 0) is 43.0 Å². The predicted octanol–water partition coefficient (Wildman–Crippen LogP) is 4.22. The first kappa shape index (κ1) is 14.5. The molecule has 0 saturated carbocycles. The number of hydrogen-bond donors (Lipinski definition) is 0. The molecule has 6 heteroatoms. The van der Waals surface area contributed by atoms with Gasteiger partial charge in [0.1, 0.15) is 5.15 Å². The average Bonchev–Trinajstić information content (AvgIpc) is 3.05. The summed E-state index contributed by atoms with van der Waals surface area (Å²) in [6.45, 7) is 2.45. The summed E-state index contributed by atoms with van der Waals surface area (Å²) >= 11 is 6.72. The Bertz CT molecular complexity index is 671. The minimum absolute atomic E-state index is 0.00757. The molecule has 0 N–H and O–H groups in total. The molecule has 0 bridgehead atoms. The molecule has 1 aliphatic heterocycles. The lowest BCUT2D eigenvalue weighted by Crippen LogP contribution is -2.30. The number of rotatable bonds is 2. The lowest BCUT2D eigenvalue weighted by atomic mass is 10.1. The molecule has 1 saturated heterocycles. The van der Waals surface area contributed by atoms with Crippen molar-refractivity contribution in [1.29, 1.82) is 0 Å². The molecule has 1 aliphatic rings. The second-order valence-corrected chi connectivity index (χ2v) is 6.52. The Labute approximate surface area is 131 Å². The van der Waals surface area contributed by atoms with Gasteiger partial charge < -0.3 is 4.90 Å². The van der Waals surface area contributed by atoms with Crippen LogP contribution < -0.4 is 0 Å². The van der Waals surface area contributed by atoms with Gasteiger partial charge in [0, 0.05) is 12.7 Å². The van der Waals surface area contributed by atoms with Crippen molar-refractivity contribution in [3.8, 4) is 0 Å². The van der Waals surface area contributed by atoms with Crippen LogP contribution in [-0.4, -0.2) is 22.3 Å². The van der Waals surface area contributed by atoms with E-state index in [4.69, 9.17) is 11.6 Å². The standard InChI is InChI=1S/C15H14ClFN2OS/c1-9-7-13(17)21-14(9)15(20)19-6-2-3-11(19)10-4-5-12(16)18-8-10/h4-5,7-8,11H,2-3,6H2,1H3. The van der Waals surface area contributed by atoms with Crippen molar-refractivity contribution in [3.05, 3.63) is 50.7 Å². The van der Waals surface area contributed by atoms with Gasteiger partial charge in [0.2, 0.25) is 0 Å². The zero-order valence-corrected chi connectivity index (χ0v) is 13.0. The lowest BCUT2D eigenvalue weighted by molar-refractivity contribution is 0.0739. The van der Waals surface area contributed by atoms with Crippen LogP contribution in [0.15, 0.2) is 24.4 Å². The van der Waals surface area contributed by atoms with E-state index in [1.165, 1.54) is 6.07 Å². The van der Waals surface area contributed by atoms with Gasteiger partial charge in [-0.2, -0.15) is 4.39 Å². The van der Waals surface area contributed by atoms with Crippen LogP contribution in [0.25, 0.3) is 0 Å². The van der Waals surface area contributed by atoms with Crippen LogP contribution >= 0.6 is 22.9 Å².